The zero-order chi connectivity index (χ0) is 18.3. The van der Waals surface area contributed by atoms with Gasteiger partial charge in [-0.05, 0) is 43.7 Å². The average Bonchev–Trinajstić information content (AvgIpc) is 2.96. The van der Waals surface area contributed by atoms with Crippen molar-refractivity contribution in [3.05, 3.63) is 59.7 Å². The number of carbonyl (C=O) groups excluding carboxylic acids is 1. The molecule has 0 spiro atoms. The van der Waals surface area contributed by atoms with Crippen LogP contribution in [0.25, 0.3) is 21.9 Å². The quantitative estimate of drug-likeness (QED) is 0.613. The SMILES string of the molecule is CCOc1ccccc1C(=O)n1nc(N)c2cc3ccc(C)cc3nc21. The highest BCUT2D eigenvalue weighted by atomic mass is 16.5. The highest BCUT2D eigenvalue weighted by Gasteiger charge is 2.20. The van der Waals surface area contributed by atoms with Crippen LogP contribution in [0.2, 0.25) is 0 Å². The van der Waals surface area contributed by atoms with Crippen molar-refractivity contribution in [2.24, 2.45) is 0 Å². The summed E-state index contributed by atoms with van der Waals surface area (Å²) in [6.07, 6.45) is 0. The Hall–Kier alpha value is -3.41. The van der Waals surface area contributed by atoms with Gasteiger partial charge in [-0.25, -0.2) is 4.98 Å². The lowest BCUT2D eigenvalue weighted by Crippen LogP contribution is -2.16. The molecule has 26 heavy (non-hydrogen) atoms. The molecule has 0 saturated heterocycles. The number of carbonyl (C=O) groups is 1. The Morgan fingerprint density at radius 1 is 1.19 bits per heavy atom. The predicted molar refractivity (Wildman–Crippen MR) is 102 cm³/mol. The largest absolute Gasteiger partial charge is 0.493 e. The molecule has 0 unspecified atom stereocenters. The lowest BCUT2D eigenvalue weighted by Gasteiger charge is -2.09. The van der Waals surface area contributed by atoms with E-state index >= 15 is 0 Å². The molecular formula is C20H18N4O2. The molecule has 0 fully saturated rings. The van der Waals surface area contributed by atoms with E-state index in [9.17, 15) is 4.79 Å². The average molecular weight is 346 g/mol. The highest BCUT2D eigenvalue weighted by molar-refractivity contribution is 6.06. The van der Waals surface area contributed by atoms with Gasteiger partial charge >= 0.3 is 0 Å². The monoisotopic (exact) mass is 346 g/mol. The van der Waals surface area contributed by atoms with E-state index in [1.54, 1.807) is 18.2 Å². The Bertz CT molecular complexity index is 1150. The topological polar surface area (TPSA) is 83.0 Å². The molecule has 6 nitrogen and oxygen atoms in total. The summed E-state index contributed by atoms with van der Waals surface area (Å²) in [7, 11) is 0. The highest BCUT2D eigenvalue weighted by Crippen LogP contribution is 2.27. The van der Waals surface area contributed by atoms with E-state index in [0.717, 1.165) is 16.5 Å². The molecule has 130 valence electrons. The second kappa shape index (κ2) is 6.15. The van der Waals surface area contributed by atoms with Crippen LogP contribution in [0.5, 0.6) is 5.75 Å². The fourth-order valence-corrected chi connectivity index (χ4v) is 3.01. The molecule has 2 heterocycles. The van der Waals surface area contributed by atoms with Crippen LogP contribution in [-0.4, -0.2) is 27.3 Å². The van der Waals surface area contributed by atoms with Gasteiger partial charge in [-0.15, -0.1) is 5.10 Å². The van der Waals surface area contributed by atoms with Crippen molar-refractivity contribution in [2.75, 3.05) is 12.3 Å². The van der Waals surface area contributed by atoms with E-state index in [4.69, 9.17) is 10.5 Å². The van der Waals surface area contributed by atoms with Gasteiger partial charge in [0.2, 0.25) is 0 Å². The lowest BCUT2D eigenvalue weighted by atomic mass is 10.1. The summed E-state index contributed by atoms with van der Waals surface area (Å²) in [4.78, 5) is 17.7. The number of hydrogen-bond donors (Lipinski definition) is 1. The summed E-state index contributed by atoms with van der Waals surface area (Å²) in [5.41, 5.74) is 8.81. The first kappa shape index (κ1) is 16.1. The van der Waals surface area contributed by atoms with Crippen molar-refractivity contribution in [2.45, 2.75) is 13.8 Å². The lowest BCUT2D eigenvalue weighted by molar-refractivity contribution is 0.0946. The van der Waals surface area contributed by atoms with Crippen LogP contribution in [0, 0.1) is 6.92 Å². The van der Waals surface area contributed by atoms with E-state index in [0.29, 0.717) is 29.0 Å². The van der Waals surface area contributed by atoms with Crippen LogP contribution in [0.15, 0.2) is 48.5 Å². The van der Waals surface area contributed by atoms with Crippen LogP contribution in [0.1, 0.15) is 22.8 Å². The van der Waals surface area contributed by atoms with Crippen LogP contribution < -0.4 is 10.5 Å². The minimum atomic E-state index is -0.324. The van der Waals surface area contributed by atoms with Gasteiger partial charge < -0.3 is 10.5 Å². The molecule has 0 aliphatic rings. The van der Waals surface area contributed by atoms with Gasteiger partial charge in [-0.1, -0.05) is 24.3 Å². The Kier molecular flexibility index (Phi) is 3.80. The number of anilines is 1. The molecule has 0 atom stereocenters. The van der Waals surface area contributed by atoms with Crippen molar-refractivity contribution in [3.8, 4) is 5.75 Å². The van der Waals surface area contributed by atoms with E-state index in [-0.39, 0.29) is 11.7 Å². The van der Waals surface area contributed by atoms with E-state index in [2.05, 4.69) is 10.1 Å². The first-order valence-electron chi connectivity index (χ1n) is 8.40. The van der Waals surface area contributed by atoms with Gasteiger partial charge in [0, 0.05) is 5.39 Å². The number of pyridine rings is 1. The minimum Gasteiger partial charge on any atom is -0.493 e. The fraction of sp³-hybridized carbons (Fsp3) is 0.150. The number of nitrogen functional groups attached to an aromatic ring is 1. The van der Waals surface area contributed by atoms with E-state index in [1.165, 1.54) is 4.68 Å². The third-order valence-electron chi connectivity index (χ3n) is 4.25. The maximum atomic E-state index is 13.1. The molecule has 6 heteroatoms. The second-order valence-electron chi connectivity index (χ2n) is 6.09. The van der Waals surface area contributed by atoms with E-state index in [1.807, 2.05) is 44.2 Å². The van der Waals surface area contributed by atoms with Crippen molar-refractivity contribution < 1.29 is 9.53 Å². The number of nitrogens with zero attached hydrogens (tertiary/aromatic N) is 3. The molecule has 0 bridgehead atoms. The maximum Gasteiger partial charge on any atom is 0.283 e. The Morgan fingerprint density at radius 2 is 2.00 bits per heavy atom. The molecule has 4 aromatic rings. The maximum absolute atomic E-state index is 13.1. The van der Waals surface area contributed by atoms with Crippen molar-refractivity contribution in [1.29, 1.82) is 0 Å². The van der Waals surface area contributed by atoms with Crippen molar-refractivity contribution in [1.82, 2.24) is 14.8 Å². The normalized spacial score (nSPS) is 11.2. The molecule has 0 amide bonds. The van der Waals surface area contributed by atoms with E-state index < -0.39 is 0 Å². The van der Waals surface area contributed by atoms with Gasteiger partial charge in [0.15, 0.2) is 11.5 Å². The number of para-hydroxylation sites is 1. The molecule has 0 saturated carbocycles. The smallest absolute Gasteiger partial charge is 0.283 e. The summed E-state index contributed by atoms with van der Waals surface area (Å²) < 4.78 is 6.83. The number of ether oxygens (including phenoxy) is 1. The third-order valence-corrected chi connectivity index (χ3v) is 4.25. The van der Waals surface area contributed by atoms with Crippen molar-refractivity contribution >= 4 is 33.7 Å². The van der Waals surface area contributed by atoms with Gasteiger partial charge in [-0.3, -0.25) is 4.79 Å². The number of aryl methyl sites for hydroxylation is 1. The molecule has 0 aliphatic heterocycles. The predicted octanol–water partition coefficient (Wildman–Crippen LogP) is 3.56. The van der Waals surface area contributed by atoms with Gasteiger partial charge in [-0.2, -0.15) is 4.68 Å². The zero-order valence-corrected chi connectivity index (χ0v) is 14.6. The first-order chi connectivity index (χ1) is 12.6. The van der Waals surface area contributed by atoms with Crippen LogP contribution in [0.3, 0.4) is 0 Å². The standard InChI is InChI=1S/C20H18N4O2/c1-3-26-17-7-5-4-6-14(17)20(25)24-19-15(18(21)23-24)11-13-9-8-12(2)10-16(13)22-19/h4-11H,3H2,1-2H3,(H2,21,23). The second-order valence-corrected chi connectivity index (χ2v) is 6.09. The van der Waals surface area contributed by atoms with Crippen LogP contribution in [-0.2, 0) is 0 Å². The molecule has 2 aromatic carbocycles. The van der Waals surface area contributed by atoms with Gasteiger partial charge in [0.05, 0.1) is 23.1 Å². The fourth-order valence-electron chi connectivity index (χ4n) is 3.01. The number of fused-ring (bicyclic) bond motifs is 2. The number of rotatable bonds is 3. The van der Waals surface area contributed by atoms with Crippen LogP contribution in [0.4, 0.5) is 5.82 Å². The summed E-state index contributed by atoms with van der Waals surface area (Å²) in [5.74, 6) is 0.464. The third kappa shape index (κ3) is 2.56. The summed E-state index contributed by atoms with van der Waals surface area (Å²) in [5, 5.41) is 5.85. The number of nitrogens with two attached hydrogens (primary N) is 1. The Balaban J connectivity index is 1.93. The number of aromatic nitrogens is 3. The summed E-state index contributed by atoms with van der Waals surface area (Å²) >= 11 is 0. The Morgan fingerprint density at radius 3 is 2.81 bits per heavy atom. The van der Waals surface area contributed by atoms with Gasteiger partial charge in [0.25, 0.3) is 5.91 Å². The summed E-state index contributed by atoms with van der Waals surface area (Å²) in [6, 6.07) is 15.0. The molecule has 2 aromatic heterocycles. The molecular weight excluding hydrogens is 328 g/mol. The zero-order valence-electron chi connectivity index (χ0n) is 14.6. The molecule has 2 N–H and O–H groups in total. The minimum absolute atomic E-state index is 0.275. The first-order valence-corrected chi connectivity index (χ1v) is 8.40. The van der Waals surface area contributed by atoms with Crippen LogP contribution >= 0.6 is 0 Å². The van der Waals surface area contributed by atoms with Gasteiger partial charge in [0.1, 0.15) is 5.75 Å². The molecule has 0 radical (unpaired) electrons. The number of benzene rings is 2. The number of hydrogen-bond acceptors (Lipinski definition) is 5. The Labute approximate surface area is 150 Å². The summed E-state index contributed by atoms with van der Waals surface area (Å²) in [6.45, 7) is 4.34. The molecule has 4 rings (SSSR count). The van der Waals surface area contributed by atoms with Crippen molar-refractivity contribution in [3.63, 3.8) is 0 Å². The molecule has 0 aliphatic carbocycles.